The van der Waals surface area contributed by atoms with Crippen molar-refractivity contribution in [1.82, 2.24) is 19.4 Å². The van der Waals surface area contributed by atoms with Crippen molar-refractivity contribution in [3.05, 3.63) is 55.6 Å². The average Bonchev–Trinajstić information content (AvgIpc) is 2.62. The molecule has 3 aromatic heterocycles. The van der Waals surface area contributed by atoms with Crippen molar-refractivity contribution in [2.24, 2.45) is 0 Å². The van der Waals surface area contributed by atoms with E-state index in [0.29, 0.717) is 10.9 Å². The highest BCUT2D eigenvalue weighted by Crippen LogP contribution is 2.20. The van der Waals surface area contributed by atoms with Crippen molar-refractivity contribution in [3.8, 4) is 6.07 Å². The Balaban J connectivity index is 2.37. The number of fused-ring (bicyclic) bond motifs is 4. The van der Waals surface area contributed by atoms with Gasteiger partial charge in [-0.1, -0.05) is 6.07 Å². The van der Waals surface area contributed by atoms with Gasteiger partial charge in [0, 0.05) is 6.26 Å². The Labute approximate surface area is 157 Å². The summed E-state index contributed by atoms with van der Waals surface area (Å²) in [6.45, 7) is 3.66. The molecule has 0 aliphatic carbocycles. The molecule has 0 saturated heterocycles. The fraction of sp³-hybridized carbons (Fsp3) is 0.167. The van der Waals surface area contributed by atoms with Gasteiger partial charge in [-0.3, -0.25) is 14.0 Å². The first kappa shape index (κ1) is 17.8. The van der Waals surface area contributed by atoms with Crippen molar-refractivity contribution < 1.29 is 8.42 Å². The van der Waals surface area contributed by atoms with Crippen LogP contribution in [-0.4, -0.2) is 34.0 Å². The number of aromatic amines is 1. The van der Waals surface area contributed by atoms with Crippen LogP contribution in [0, 0.1) is 25.2 Å². The predicted octanol–water partition coefficient (Wildman–Crippen LogP) is 0.976. The summed E-state index contributed by atoms with van der Waals surface area (Å²) in [6.07, 6.45) is 2.02. The second-order valence-electron chi connectivity index (χ2n) is 6.59. The smallest absolute Gasteiger partial charge is 0.266 e. The highest BCUT2D eigenvalue weighted by atomic mass is 32.2. The number of hydrogen-bond acceptors (Lipinski definition) is 7. The molecular weight excluding hydrogens is 382 g/mol. The van der Waals surface area contributed by atoms with Crippen molar-refractivity contribution in [3.63, 3.8) is 0 Å². The number of aryl methyl sites for hydroxylation is 2. The van der Waals surface area contributed by atoms with Crippen molar-refractivity contribution in [2.75, 3.05) is 6.26 Å². The van der Waals surface area contributed by atoms with Gasteiger partial charge in [-0.2, -0.15) is 5.26 Å². The average molecular weight is 395 g/mol. The van der Waals surface area contributed by atoms with E-state index < -0.39 is 26.0 Å². The van der Waals surface area contributed by atoms with E-state index in [4.69, 9.17) is 0 Å². The van der Waals surface area contributed by atoms with E-state index >= 15 is 0 Å². The van der Waals surface area contributed by atoms with E-state index in [9.17, 15) is 23.3 Å². The fourth-order valence-corrected chi connectivity index (χ4v) is 3.80. The van der Waals surface area contributed by atoms with Crippen LogP contribution in [0.2, 0.25) is 0 Å². The molecule has 0 atom stereocenters. The van der Waals surface area contributed by atoms with Crippen molar-refractivity contribution in [1.29, 1.82) is 5.26 Å². The molecule has 10 heteroatoms. The third-order valence-corrected chi connectivity index (χ3v) is 5.35. The number of rotatable bonds is 1. The van der Waals surface area contributed by atoms with Gasteiger partial charge in [0.05, 0.1) is 22.6 Å². The number of sulfone groups is 1. The SMILES string of the molecule is Cc1cc(C)c2[nH]c3c(C#N)c(=O)c4nc(S(C)(=O)=O)ncc4n3c(=O)c2c1. The van der Waals surface area contributed by atoms with Crippen LogP contribution < -0.4 is 11.0 Å². The normalized spacial score (nSPS) is 11.9. The number of benzene rings is 1. The van der Waals surface area contributed by atoms with E-state index in [2.05, 4.69) is 15.0 Å². The maximum atomic E-state index is 13.2. The molecule has 4 aromatic rings. The van der Waals surface area contributed by atoms with E-state index in [1.165, 1.54) is 0 Å². The van der Waals surface area contributed by atoms with Gasteiger partial charge >= 0.3 is 0 Å². The zero-order valence-electron chi connectivity index (χ0n) is 15.1. The molecule has 4 rings (SSSR count). The Morgan fingerprint density at radius 2 is 1.93 bits per heavy atom. The van der Waals surface area contributed by atoms with E-state index in [1.54, 1.807) is 12.1 Å². The van der Waals surface area contributed by atoms with Crippen molar-refractivity contribution >= 4 is 37.4 Å². The van der Waals surface area contributed by atoms with E-state index in [-0.39, 0.29) is 22.2 Å². The third-order valence-electron chi connectivity index (χ3n) is 4.49. The number of aromatic nitrogens is 4. The van der Waals surface area contributed by atoms with Crippen LogP contribution in [0.25, 0.3) is 27.6 Å². The number of pyridine rings is 1. The number of H-pyrrole nitrogens is 1. The van der Waals surface area contributed by atoms with Crippen LogP contribution in [0.1, 0.15) is 16.7 Å². The molecule has 9 nitrogen and oxygen atoms in total. The molecule has 0 unspecified atom stereocenters. The molecule has 1 N–H and O–H groups in total. The molecule has 0 bridgehead atoms. The molecule has 0 aliphatic rings. The Bertz CT molecular complexity index is 1610. The molecule has 3 heterocycles. The Hall–Kier alpha value is -3.58. The second kappa shape index (κ2) is 5.71. The summed E-state index contributed by atoms with van der Waals surface area (Å²) in [7, 11) is -3.78. The zero-order chi connectivity index (χ0) is 20.4. The molecule has 0 saturated carbocycles. The molecule has 0 fully saturated rings. The van der Waals surface area contributed by atoms with Gasteiger partial charge in [0.15, 0.2) is 0 Å². The summed E-state index contributed by atoms with van der Waals surface area (Å²) in [5.74, 6) is 0. The molecule has 0 spiro atoms. The summed E-state index contributed by atoms with van der Waals surface area (Å²) in [6, 6.07) is 5.37. The monoisotopic (exact) mass is 395 g/mol. The van der Waals surface area contributed by atoms with Gasteiger partial charge in [-0.15, -0.1) is 0 Å². The van der Waals surface area contributed by atoms with Gasteiger partial charge < -0.3 is 4.98 Å². The van der Waals surface area contributed by atoms with E-state index in [0.717, 1.165) is 28.0 Å². The Morgan fingerprint density at radius 3 is 2.57 bits per heavy atom. The van der Waals surface area contributed by atoms with Gasteiger partial charge in [0.2, 0.25) is 20.4 Å². The first-order valence-corrected chi connectivity index (χ1v) is 10.0. The lowest BCUT2D eigenvalue weighted by Crippen LogP contribution is -2.23. The van der Waals surface area contributed by atoms with Gasteiger partial charge in [0.25, 0.3) is 5.56 Å². The summed E-state index contributed by atoms with van der Waals surface area (Å²) in [5, 5.41) is 9.35. The molecule has 0 radical (unpaired) electrons. The molecular formula is C18H13N5O4S. The van der Waals surface area contributed by atoms with E-state index in [1.807, 2.05) is 19.9 Å². The first-order valence-electron chi connectivity index (χ1n) is 8.12. The number of nitriles is 1. The minimum absolute atomic E-state index is 0.0140. The second-order valence-corrected chi connectivity index (χ2v) is 8.50. The maximum Gasteiger partial charge on any atom is 0.266 e. The van der Waals surface area contributed by atoms with Crippen molar-refractivity contribution in [2.45, 2.75) is 19.0 Å². The fourth-order valence-electron chi connectivity index (χ4n) is 3.30. The van der Waals surface area contributed by atoms with Crippen LogP contribution in [0.4, 0.5) is 0 Å². The minimum atomic E-state index is -3.78. The van der Waals surface area contributed by atoms with Crippen LogP contribution in [0.5, 0.6) is 0 Å². The number of nitrogens with zero attached hydrogens (tertiary/aromatic N) is 4. The van der Waals surface area contributed by atoms with Gasteiger partial charge in [0.1, 0.15) is 22.8 Å². The first-order chi connectivity index (χ1) is 13.1. The highest BCUT2D eigenvalue weighted by molar-refractivity contribution is 7.90. The lowest BCUT2D eigenvalue weighted by atomic mass is 10.1. The third kappa shape index (κ3) is 2.40. The molecule has 140 valence electrons. The number of hydrogen-bond donors (Lipinski definition) is 1. The largest absolute Gasteiger partial charge is 0.339 e. The topological polar surface area (TPSA) is 138 Å². The Morgan fingerprint density at radius 1 is 1.21 bits per heavy atom. The molecule has 1 aromatic carbocycles. The van der Waals surface area contributed by atoms with Gasteiger partial charge in [-0.25, -0.2) is 18.4 Å². The lowest BCUT2D eigenvalue weighted by molar-refractivity contribution is 0.593. The molecule has 0 amide bonds. The molecule has 28 heavy (non-hydrogen) atoms. The van der Waals surface area contributed by atoms with Crippen LogP contribution in [0.15, 0.2) is 33.1 Å². The predicted molar refractivity (Wildman–Crippen MR) is 102 cm³/mol. The van der Waals surface area contributed by atoms with Crippen LogP contribution in [0.3, 0.4) is 0 Å². The molecule has 0 aliphatic heterocycles. The standard InChI is InChI=1S/C18H13N5O4S/c1-8-4-9(2)13-10(5-8)17(25)23-12-7-20-18(28(3,26)27)22-14(12)15(24)11(6-19)16(23)21-13/h4-5,7,21H,1-3H3. The summed E-state index contributed by atoms with van der Waals surface area (Å²) in [5.41, 5.74) is 0.333. The Kier molecular flexibility index (Phi) is 3.63. The van der Waals surface area contributed by atoms with Crippen LogP contribution in [-0.2, 0) is 9.84 Å². The zero-order valence-corrected chi connectivity index (χ0v) is 15.9. The summed E-state index contributed by atoms with van der Waals surface area (Å²) in [4.78, 5) is 36.6. The lowest BCUT2D eigenvalue weighted by Gasteiger charge is -2.11. The summed E-state index contributed by atoms with van der Waals surface area (Å²) < 4.78 is 24.7. The highest BCUT2D eigenvalue weighted by Gasteiger charge is 2.20. The maximum absolute atomic E-state index is 13.2. The quantitative estimate of drug-likeness (QED) is 0.288. The summed E-state index contributed by atoms with van der Waals surface area (Å²) >= 11 is 0. The van der Waals surface area contributed by atoms with Crippen LogP contribution >= 0.6 is 0 Å². The van der Waals surface area contributed by atoms with Gasteiger partial charge in [-0.05, 0) is 31.0 Å². The minimum Gasteiger partial charge on any atom is -0.339 e. The number of nitrogens with one attached hydrogen (secondary N) is 1.